The SMILES string of the molecule is CSCCC(C)N(C)C(=O)C(N)c1cnn(C)c1. The number of carbonyl (C=O) groups is 1. The van der Waals surface area contributed by atoms with Crippen LogP contribution in [0.5, 0.6) is 0 Å². The highest BCUT2D eigenvalue weighted by molar-refractivity contribution is 7.98. The van der Waals surface area contributed by atoms with Crippen LogP contribution in [0.25, 0.3) is 0 Å². The highest BCUT2D eigenvalue weighted by Crippen LogP contribution is 2.14. The first-order valence-electron chi connectivity index (χ1n) is 5.97. The fourth-order valence-electron chi connectivity index (χ4n) is 1.66. The summed E-state index contributed by atoms with van der Waals surface area (Å²) in [7, 11) is 3.62. The van der Waals surface area contributed by atoms with Gasteiger partial charge in [0.15, 0.2) is 0 Å². The van der Waals surface area contributed by atoms with Crippen molar-refractivity contribution in [1.82, 2.24) is 14.7 Å². The summed E-state index contributed by atoms with van der Waals surface area (Å²) in [5, 5.41) is 4.04. The van der Waals surface area contributed by atoms with E-state index < -0.39 is 6.04 Å². The van der Waals surface area contributed by atoms with Gasteiger partial charge in [0.1, 0.15) is 6.04 Å². The standard InChI is InChI=1S/C12H22N4OS/c1-9(5-6-18-4)16(3)12(17)11(13)10-7-14-15(2)8-10/h7-9,11H,5-6,13H2,1-4H3. The molecule has 0 aliphatic rings. The lowest BCUT2D eigenvalue weighted by Gasteiger charge is -2.27. The molecule has 2 N–H and O–H groups in total. The Bertz CT molecular complexity index is 393. The summed E-state index contributed by atoms with van der Waals surface area (Å²) in [6.45, 7) is 2.05. The summed E-state index contributed by atoms with van der Waals surface area (Å²) in [6, 6.07) is -0.423. The minimum Gasteiger partial charge on any atom is -0.341 e. The molecule has 1 aromatic heterocycles. The molecule has 1 heterocycles. The second-order valence-electron chi connectivity index (χ2n) is 4.50. The summed E-state index contributed by atoms with van der Waals surface area (Å²) in [6.07, 6.45) is 6.46. The first-order valence-corrected chi connectivity index (χ1v) is 7.36. The number of amides is 1. The van der Waals surface area contributed by atoms with Crippen LogP contribution >= 0.6 is 11.8 Å². The number of aromatic nitrogens is 2. The average Bonchev–Trinajstić information content (AvgIpc) is 2.79. The van der Waals surface area contributed by atoms with Gasteiger partial charge in [-0.15, -0.1) is 0 Å². The van der Waals surface area contributed by atoms with Crippen LogP contribution in [0.15, 0.2) is 12.4 Å². The van der Waals surface area contributed by atoms with E-state index in [-0.39, 0.29) is 11.9 Å². The second-order valence-corrected chi connectivity index (χ2v) is 5.49. The molecule has 0 aliphatic carbocycles. The molecule has 0 fully saturated rings. The van der Waals surface area contributed by atoms with E-state index in [4.69, 9.17) is 5.73 Å². The summed E-state index contributed by atoms with van der Waals surface area (Å²) in [5.74, 6) is 0.984. The maximum atomic E-state index is 12.2. The molecule has 0 saturated heterocycles. The minimum atomic E-state index is -0.625. The summed E-state index contributed by atoms with van der Waals surface area (Å²) >= 11 is 1.78. The van der Waals surface area contributed by atoms with Crippen molar-refractivity contribution in [3.05, 3.63) is 18.0 Å². The van der Waals surface area contributed by atoms with E-state index in [1.165, 1.54) is 0 Å². The van der Waals surface area contributed by atoms with Crippen molar-refractivity contribution in [2.45, 2.75) is 25.4 Å². The maximum Gasteiger partial charge on any atom is 0.244 e. The maximum absolute atomic E-state index is 12.2. The Hall–Kier alpha value is -1.01. The van der Waals surface area contributed by atoms with Crippen molar-refractivity contribution < 1.29 is 4.79 Å². The molecular weight excluding hydrogens is 248 g/mol. The van der Waals surface area contributed by atoms with Crippen LogP contribution in [-0.4, -0.2) is 45.7 Å². The Morgan fingerprint density at radius 1 is 1.67 bits per heavy atom. The number of nitrogens with two attached hydrogens (primary N) is 1. The molecule has 2 unspecified atom stereocenters. The second kappa shape index (κ2) is 6.80. The van der Waals surface area contributed by atoms with Gasteiger partial charge in [0.25, 0.3) is 0 Å². The highest BCUT2D eigenvalue weighted by Gasteiger charge is 2.23. The van der Waals surface area contributed by atoms with Crippen LogP contribution in [0.3, 0.4) is 0 Å². The van der Waals surface area contributed by atoms with Crippen molar-refractivity contribution in [2.75, 3.05) is 19.1 Å². The zero-order chi connectivity index (χ0) is 13.7. The van der Waals surface area contributed by atoms with Gasteiger partial charge >= 0.3 is 0 Å². The molecule has 18 heavy (non-hydrogen) atoms. The molecule has 1 amide bonds. The lowest BCUT2D eigenvalue weighted by Crippen LogP contribution is -2.41. The Morgan fingerprint density at radius 2 is 2.33 bits per heavy atom. The van der Waals surface area contributed by atoms with Crippen molar-refractivity contribution in [3.63, 3.8) is 0 Å². The number of hydrogen-bond donors (Lipinski definition) is 1. The molecule has 0 radical (unpaired) electrons. The van der Waals surface area contributed by atoms with E-state index in [1.807, 2.05) is 21.0 Å². The van der Waals surface area contributed by atoms with Gasteiger partial charge in [0.2, 0.25) is 5.91 Å². The van der Waals surface area contributed by atoms with E-state index in [0.29, 0.717) is 0 Å². The number of nitrogens with zero attached hydrogens (tertiary/aromatic N) is 3. The van der Waals surface area contributed by atoms with E-state index in [2.05, 4.69) is 11.4 Å². The molecular formula is C12H22N4OS. The fraction of sp³-hybridized carbons (Fsp3) is 0.667. The monoisotopic (exact) mass is 270 g/mol. The van der Waals surface area contributed by atoms with Crippen molar-refractivity contribution in [3.8, 4) is 0 Å². The first-order chi connectivity index (χ1) is 8.47. The predicted molar refractivity (Wildman–Crippen MR) is 75.4 cm³/mol. The van der Waals surface area contributed by atoms with Crippen LogP contribution in [0, 0.1) is 0 Å². The molecule has 1 aromatic rings. The van der Waals surface area contributed by atoms with Crippen LogP contribution in [-0.2, 0) is 11.8 Å². The molecule has 0 aliphatic heterocycles. The van der Waals surface area contributed by atoms with Gasteiger partial charge in [-0.25, -0.2) is 0 Å². The van der Waals surface area contributed by atoms with Crippen molar-refractivity contribution in [2.24, 2.45) is 12.8 Å². The number of rotatable bonds is 6. The Kier molecular flexibility index (Phi) is 5.68. The zero-order valence-corrected chi connectivity index (χ0v) is 12.3. The number of likely N-dealkylation sites (N-methyl/N-ethyl adjacent to an activating group) is 1. The number of carbonyl (C=O) groups excluding carboxylic acids is 1. The largest absolute Gasteiger partial charge is 0.341 e. The first kappa shape index (κ1) is 15.0. The molecule has 102 valence electrons. The fourth-order valence-corrected chi connectivity index (χ4v) is 2.24. The van der Waals surface area contributed by atoms with Gasteiger partial charge < -0.3 is 10.6 Å². The zero-order valence-electron chi connectivity index (χ0n) is 11.5. The predicted octanol–water partition coefficient (Wildman–Crippen LogP) is 1.02. The van der Waals surface area contributed by atoms with E-state index in [1.54, 1.807) is 33.7 Å². The Labute approximate surface area is 113 Å². The number of hydrogen-bond acceptors (Lipinski definition) is 4. The smallest absolute Gasteiger partial charge is 0.244 e. The van der Waals surface area contributed by atoms with Gasteiger partial charge in [-0.1, -0.05) is 0 Å². The molecule has 2 atom stereocenters. The Balaban J connectivity index is 2.62. The van der Waals surface area contributed by atoms with Gasteiger partial charge in [0.05, 0.1) is 6.20 Å². The highest BCUT2D eigenvalue weighted by atomic mass is 32.2. The van der Waals surface area contributed by atoms with Crippen molar-refractivity contribution in [1.29, 1.82) is 0 Å². The molecule has 0 saturated carbocycles. The third-order valence-electron chi connectivity index (χ3n) is 3.10. The third kappa shape index (κ3) is 3.74. The summed E-state index contributed by atoms with van der Waals surface area (Å²) in [5.41, 5.74) is 6.73. The molecule has 6 heteroatoms. The van der Waals surface area contributed by atoms with Gasteiger partial charge in [0, 0.05) is 31.9 Å². The topological polar surface area (TPSA) is 64.2 Å². The normalized spacial score (nSPS) is 14.3. The van der Waals surface area contributed by atoms with Crippen molar-refractivity contribution >= 4 is 17.7 Å². The van der Waals surface area contributed by atoms with Gasteiger partial charge in [-0.05, 0) is 25.4 Å². The third-order valence-corrected chi connectivity index (χ3v) is 3.74. The molecule has 0 bridgehead atoms. The van der Waals surface area contributed by atoms with Crippen LogP contribution in [0.4, 0.5) is 0 Å². The molecule has 0 spiro atoms. The van der Waals surface area contributed by atoms with Gasteiger partial charge in [-0.2, -0.15) is 16.9 Å². The molecule has 0 aromatic carbocycles. The van der Waals surface area contributed by atoms with E-state index >= 15 is 0 Å². The van der Waals surface area contributed by atoms with Crippen LogP contribution in [0.1, 0.15) is 24.9 Å². The number of thioether (sulfide) groups is 1. The quantitative estimate of drug-likeness (QED) is 0.838. The lowest BCUT2D eigenvalue weighted by atomic mass is 10.1. The van der Waals surface area contributed by atoms with E-state index in [0.717, 1.165) is 17.7 Å². The van der Waals surface area contributed by atoms with Crippen LogP contribution in [0.2, 0.25) is 0 Å². The Morgan fingerprint density at radius 3 is 2.83 bits per heavy atom. The molecule has 5 nitrogen and oxygen atoms in total. The number of aryl methyl sites for hydroxylation is 1. The van der Waals surface area contributed by atoms with Gasteiger partial charge in [-0.3, -0.25) is 9.48 Å². The molecule has 1 rings (SSSR count). The summed E-state index contributed by atoms with van der Waals surface area (Å²) in [4.78, 5) is 13.9. The summed E-state index contributed by atoms with van der Waals surface area (Å²) < 4.78 is 1.65. The minimum absolute atomic E-state index is 0.0587. The average molecular weight is 270 g/mol. The van der Waals surface area contributed by atoms with Crippen LogP contribution < -0.4 is 5.73 Å². The van der Waals surface area contributed by atoms with E-state index in [9.17, 15) is 4.79 Å². The lowest BCUT2D eigenvalue weighted by molar-refractivity contribution is -0.133.